The summed E-state index contributed by atoms with van der Waals surface area (Å²) in [5, 5.41) is 9.82. The lowest BCUT2D eigenvalue weighted by molar-refractivity contribution is -0.0207. The summed E-state index contributed by atoms with van der Waals surface area (Å²) >= 11 is 0. The van der Waals surface area contributed by atoms with Crippen molar-refractivity contribution < 1.29 is 18.6 Å². The van der Waals surface area contributed by atoms with Gasteiger partial charge in [0.25, 0.3) is 0 Å². The fourth-order valence-electron chi connectivity index (χ4n) is 1.43. The van der Waals surface area contributed by atoms with E-state index in [0.29, 0.717) is 0 Å². The zero-order chi connectivity index (χ0) is 12.3. The molecule has 0 aliphatic heterocycles. The molecule has 16 heavy (non-hydrogen) atoms. The molecule has 0 aliphatic carbocycles. The lowest BCUT2D eigenvalue weighted by Gasteiger charge is -2.26. The van der Waals surface area contributed by atoms with Gasteiger partial charge in [0.15, 0.2) is 0 Å². The monoisotopic (exact) mass is 230 g/mol. The topological polar surface area (TPSA) is 29.5 Å². The van der Waals surface area contributed by atoms with Crippen LogP contribution in [-0.4, -0.2) is 17.8 Å². The maximum atomic E-state index is 13.3. The Balaban J connectivity index is 2.84. The van der Waals surface area contributed by atoms with Gasteiger partial charge in [-0.2, -0.15) is 0 Å². The number of methoxy groups -OCH3 is 1. The van der Waals surface area contributed by atoms with Crippen LogP contribution in [0.15, 0.2) is 18.2 Å². The smallest absolute Gasteiger partial charge is 0.131 e. The number of rotatable bonds is 4. The molecule has 1 aromatic carbocycles. The summed E-state index contributed by atoms with van der Waals surface area (Å²) < 4.78 is 31.1. The lowest BCUT2D eigenvalue weighted by Crippen LogP contribution is -2.25. The third kappa shape index (κ3) is 3.25. The Hall–Kier alpha value is -1.00. The number of halogens is 2. The van der Waals surface area contributed by atoms with Crippen molar-refractivity contribution in [1.82, 2.24) is 0 Å². The van der Waals surface area contributed by atoms with Crippen LogP contribution < -0.4 is 0 Å². The SMILES string of the molecule is COC(C)(C)CC(O)c1ccc(F)cc1F. The maximum Gasteiger partial charge on any atom is 0.131 e. The van der Waals surface area contributed by atoms with Crippen molar-refractivity contribution in [3.63, 3.8) is 0 Å². The third-order valence-corrected chi connectivity index (χ3v) is 2.56. The second kappa shape index (κ2) is 4.89. The van der Waals surface area contributed by atoms with E-state index in [-0.39, 0.29) is 12.0 Å². The summed E-state index contributed by atoms with van der Waals surface area (Å²) in [5.41, 5.74) is -0.466. The minimum atomic E-state index is -1.00. The zero-order valence-electron chi connectivity index (χ0n) is 9.63. The first kappa shape index (κ1) is 13.1. The highest BCUT2D eigenvalue weighted by Crippen LogP contribution is 2.27. The van der Waals surface area contributed by atoms with Crippen molar-refractivity contribution >= 4 is 0 Å². The molecule has 0 spiro atoms. The molecule has 1 N–H and O–H groups in total. The van der Waals surface area contributed by atoms with Crippen LogP contribution in [0.2, 0.25) is 0 Å². The molecule has 4 heteroatoms. The molecule has 0 amide bonds. The molecule has 1 atom stereocenters. The van der Waals surface area contributed by atoms with E-state index in [0.717, 1.165) is 12.1 Å². The lowest BCUT2D eigenvalue weighted by atomic mass is 9.95. The van der Waals surface area contributed by atoms with E-state index in [1.165, 1.54) is 13.2 Å². The molecule has 1 aromatic rings. The van der Waals surface area contributed by atoms with Gasteiger partial charge in [0.2, 0.25) is 0 Å². The van der Waals surface area contributed by atoms with Crippen LogP contribution in [-0.2, 0) is 4.74 Å². The Labute approximate surface area is 93.9 Å². The number of aliphatic hydroxyl groups excluding tert-OH is 1. The Kier molecular flexibility index (Phi) is 3.99. The second-order valence-corrected chi connectivity index (χ2v) is 4.35. The van der Waals surface area contributed by atoms with Crippen LogP contribution in [0.3, 0.4) is 0 Å². The molecular formula is C12H16F2O2. The van der Waals surface area contributed by atoms with Crippen LogP contribution in [0, 0.1) is 11.6 Å². The highest BCUT2D eigenvalue weighted by Gasteiger charge is 2.24. The Morgan fingerprint density at radius 1 is 1.38 bits per heavy atom. The van der Waals surface area contributed by atoms with E-state index in [4.69, 9.17) is 4.74 Å². The Bertz CT molecular complexity index is 364. The summed E-state index contributed by atoms with van der Waals surface area (Å²) in [6.07, 6.45) is -0.762. The number of benzene rings is 1. The number of ether oxygens (including phenoxy) is 1. The molecule has 0 radical (unpaired) electrons. The first-order valence-corrected chi connectivity index (χ1v) is 5.04. The summed E-state index contributed by atoms with van der Waals surface area (Å²) in [5.74, 6) is -1.39. The predicted octanol–water partition coefficient (Wildman–Crippen LogP) is 2.81. The van der Waals surface area contributed by atoms with Crippen molar-refractivity contribution in [2.45, 2.75) is 32.0 Å². The van der Waals surface area contributed by atoms with E-state index >= 15 is 0 Å². The van der Waals surface area contributed by atoms with Crippen LogP contribution in [0.4, 0.5) is 8.78 Å². The fraction of sp³-hybridized carbons (Fsp3) is 0.500. The standard InChI is InChI=1S/C12H16F2O2/c1-12(2,16-3)7-11(15)9-5-4-8(13)6-10(9)14/h4-6,11,15H,7H2,1-3H3. The Morgan fingerprint density at radius 3 is 2.50 bits per heavy atom. The summed E-state index contributed by atoms with van der Waals surface area (Å²) in [7, 11) is 1.52. The van der Waals surface area contributed by atoms with E-state index in [9.17, 15) is 13.9 Å². The quantitative estimate of drug-likeness (QED) is 0.861. The van der Waals surface area contributed by atoms with Gasteiger partial charge in [-0.25, -0.2) is 8.78 Å². The largest absolute Gasteiger partial charge is 0.388 e. The van der Waals surface area contributed by atoms with E-state index < -0.39 is 23.3 Å². The fourth-order valence-corrected chi connectivity index (χ4v) is 1.43. The van der Waals surface area contributed by atoms with Gasteiger partial charge < -0.3 is 9.84 Å². The van der Waals surface area contributed by atoms with Crippen LogP contribution >= 0.6 is 0 Å². The molecular weight excluding hydrogens is 214 g/mol. The third-order valence-electron chi connectivity index (χ3n) is 2.56. The molecule has 90 valence electrons. The van der Waals surface area contributed by atoms with E-state index in [2.05, 4.69) is 0 Å². The van der Waals surface area contributed by atoms with Crippen LogP contribution in [0.1, 0.15) is 31.9 Å². The molecule has 0 bridgehead atoms. The highest BCUT2D eigenvalue weighted by molar-refractivity contribution is 5.21. The minimum Gasteiger partial charge on any atom is -0.388 e. The van der Waals surface area contributed by atoms with E-state index in [1.807, 2.05) is 0 Å². The second-order valence-electron chi connectivity index (χ2n) is 4.35. The van der Waals surface area contributed by atoms with Gasteiger partial charge in [-0.3, -0.25) is 0 Å². The van der Waals surface area contributed by atoms with Gasteiger partial charge in [-0.05, 0) is 19.9 Å². The summed E-state index contributed by atoms with van der Waals surface area (Å²) in [6.45, 7) is 3.58. The van der Waals surface area contributed by atoms with Gasteiger partial charge in [0.1, 0.15) is 11.6 Å². The van der Waals surface area contributed by atoms with Gasteiger partial charge in [-0.15, -0.1) is 0 Å². The Morgan fingerprint density at radius 2 is 2.00 bits per heavy atom. The van der Waals surface area contributed by atoms with Gasteiger partial charge >= 0.3 is 0 Å². The molecule has 0 aliphatic rings. The van der Waals surface area contributed by atoms with Crippen LogP contribution in [0.25, 0.3) is 0 Å². The van der Waals surface area contributed by atoms with Crippen molar-refractivity contribution in [1.29, 1.82) is 0 Å². The summed E-state index contributed by atoms with van der Waals surface area (Å²) in [6, 6.07) is 3.14. The molecule has 0 saturated carbocycles. The van der Waals surface area contributed by atoms with Crippen molar-refractivity contribution in [3.8, 4) is 0 Å². The van der Waals surface area contributed by atoms with Crippen molar-refractivity contribution in [2.75, 3.05) is 7.11 Å². The highest BCUT2D eigenvalue weighted by atomic mass is 19.1. The first-order valence-electron chi connectivity index (χ1n) is 5.04. The number of hydrogen-bond acceptors (Lipinski definition) is 2. The molecule has 0 fully saturated rings. The summed E-state index contributed by atoms with van der Waals surface area (Å²) in [4.78, 5) is 0. The van der Waals surface area contributed by atoms with Crippen molar-refractivity contribution in [2.24, 2.45) is 0 Å². The zero-order valence-corrected chi connectivity index (χ0v) is 9.63. The average molecular weight is 230 g/mol. The molecule has 1 rings (SSSR count). The predicted molar refractivity (Wildman–Crippen MR) is 57.0 cm³/mol. The maximum absolute atomic E-state index is 13.3. The van der Waals surface area contributed by atoms with Crippen molar-refractivity contribution in [3.05, 3.63) is 35.4 Å². The van der Waals surface area contributed by atoms with E-state index in [1.54, 1.807) is 13.8 Å². The van der Waals surface area contributed by atoms with Gasteiger partial charge in [0.05, 0.1) is 11.7 Å². The number of aliphatic hydroxyl groups is 1. The molecule has 0 aromatic heterocycles. The first-order chi connectivity index (χ1) is 7.35. The normalized spacial score (nSPS) is 13.9. The minimum absolute atomic E-state index is 0.0894. The van der Waals surface area contributed by atoms with Gasteiger partial charge in [-0.1, -0.05) is 6.07 Å². The van der Waals surface area contributed by atoms with Gasteiger partial charge in [0, 0.05) is 25.2 Å². The molecule has 2 nitrogen and oxygen atoms in total. The van der Waals surface area contributed by atoms with Crippen LogP contribution in [0.5, 0.6) is 0 Å². The molecule has 0 heterocycles. The molecule has 0 saturated heterocycles. The average Bonchev–Trinajstić information content (AvgIpc) is 2.16. The number of hydrogen-bond donors (Lipinski definition) is 1. The molecule has 1 unspecified atom stereocenters.